The normalized spacial score (nSPS) is 12.4. The van der Waals surface area contributed by atoms with E-state index in [1.807, 2.05) is 6.07 Å². The molecule has 1 aromatic carbocycles. The van der Waals surface area contributed by atoms with Gasteiger partial charge in [0.15, 0.2) is 0 Å². The molecule has 0 spiro atoms. The Morgan fingerprint density at radius 2 is 1.96 bits per heavy atom. The Labute approximate surface area is 157 Å². The number of hydrogen-bond donors (Lipinski definition) is 1. The summed E-state index contributed by atoms with van der Waals surface area (Å²) in [5, 5.41) is 11.8. The number of para-hydroxylation sites is 1. The lowest BCUT2D eigenvalue weighted by Crippen LogP contribution is -2.23. The van der Waals surface area contributed by atoms with E-state index in [4.69, 9.17) is 5.26 Å². The molecule has 0 saturated carbocycles. The number of amides is 1. The maximum atomic E-state index is 12.3. The zero-order valence-corrected chi connectivity index (χ0v) is 16.1. The van der Waals surface area contributed by atoms with Gasteiger partial charge in [-0.05, 0) is 31.2 Å². The van der Waals surface area contributed by atoms with E-state index in [0.29, 0.717) is 16.3 Å². The number of pyridine rings is 1. The summed E-state index contributed by atoms with van der Waals surface area (Å²) >= 11 is 1.20. The summed E-state index contributed by atoms with van der Waals surface area (Å²) in [6.07, 6.45) is 1.27. The molecule has 0 unspecified atom stereocenters. The van der Waals surface area contributed by atoms with Crippen LogP contribution in [0.5, 0.6) is 0 Å². The number of sulfonamides is 1. The maximum Gasteiger partial charge on any atom is 0.244 e. The molecular weight excluding hydrogens is 372 g/mol. The van der Waals surface area contributed by atoms with Gasteiger partial charge in [-0.2, -0.15) is 5.26 Å². The number of hydrogen-bond acceptors (Lipinski definition) is 6. The minimum absolute atomic E-state index is 0.0897. The Hall–Kier alpha value is -2.41. The summed E-state index contributed by atoms with van der Waals surface area (Å²) in [6.45, 7) is 1.71. The van der Waals surface area contributed by atoms with E-state index >= 15 is 0 Å². The molecule has 7 nitrogen and oxygen atoms in total. The molecule has 0 saturated heterocycles. The summed E-state index contributed by atoms with van der Waals surface area (Å²) in [7, 11) is -0.639. The SMILES string of the molecule is C[C@H](Sc1ccc(S(=O)(=O)N(C)C)cn1)C(=O)Nc1ccccc1C#N. The summed E-state index contributed by atoms with van der Waals surface area (Å²) < 4.78 is 25.2. The van der Waals surface area contributed by atoms with Crippen molar-refractivity contribution in [2.24, 2.45) is 0 Å². The third-order valence-corrected chi connectivity index (χ3v) is 6.31. The van der Waals surface area contributed by atoms with Crippen molar-refractivity contribution in [1.29, 1.82) is 5.26 Å². The predicted molar refractivity (Wildman–Crippen MR) is 100 cm³/mol. The van der Waals surface area contributed by atoms with Gasteiger partial charge in [0.1, 0.15) is 11.0 Å². The van der Waals surface area contributed by atoms with Gasteiger partial charge in [-0.3, -0.25) is 4.79 Å². The predicted octanol–water partition coefficient (Wildman–Crippen LogP) is 2.32. The van der Waals surface area contributed by atoms with Crippen molar-refractivity contribution in [2.75, 3.05) is 19.4 Å². The van der Waals surface area contributed by atoms with Crippen LogP contribution in [0.4, 0.5) is 5.69 Å². The first-order valence-electron chi connectivity index (χ1n) is 7.61. The molecule has 26 heavy (non-hydrogen) atoms. The first-order valence-corrected chi connectivity index (χ1v) is 9.93. The number of nitriles is 1. The zero-order chi connectivity index (χ0) is 19.3. The number of aromatic nitrogens is 1. The Morgan fingerprint density at radius 3 is 2.54 bits per heavy atom. The van der Waals surface area contributed by atoms with E-state index in [-0.39, 0.29) is 10.8 Å². The van der Waals surface area contributed by atoms with Gasteiger partial charge in [0.25, 0.3) is 0 Å². The molecule has 0 aliphatic carbocycles. The highest BCUT2D eigenvalue weighted by molar-refractivity contribution is 8.00. The fourth-order valence-corrected chi connectivity index (χ4v) is 3.59. The number of nitrogens with zero attached hydrogens (tertiary/aromatic N) is 3. The first kappa shape index (κ1) is 19.9. The highest BCUT2D eigenvalue weighted by atomic mass is 32.2. The second-order valence-electron chi connectivity index (χ2n) is 5.53. The molecule has 0 radical (unpaired) electrons. The van der Waals surface area contributed by atoms with E-state index in [2.05, 4.69) is 10.3 Å². The molecule has 2 aromatic rings. The van der Waals surface area contributed by atoms with Gasteiger partial charge < -0.3 is 5.32 Å². The quantitative estimate of drug-likeness (QED) is 0.759. The van der Waals surface area contributed by atoms with Crippen LogP contribution in [0.15, 0.2) is 52.5 Å². The van der Waals surface area contributed by atoms with Crippen LogP contribution in [0.2, 0.25) is 0 Å². The molecule has 1 aromatic heterocycles. The largest absolute Gasteiger partial charge is 0.324 e. The standard InChI is InChI=1S/C17H18N4O3S2/c1-12(17(22)20-15-7-5-4-6-13(15)10-18)25-16-9-8-14(11-19-16)26(23,24)21(2)3/h4-9,11-12H,1-3H3,(H,20,22)/t12-/m0/s1. The molecule has 1 atom stereocenters. The number of nitrogens with one attached hydrogen (secondary N) is 1. The fourth-order valence-electron chi connectivity index (χ4n) is 1.96. The molecule has 0 aliphatic heterocycles. The number of anilines is 1. The Balaban J connectivity index is 2.06. The number of carbonyl (C=O) groups excluding carboxylic acids is 1. The summed E-state index contributed by atoms with van der Waals surface area (Å²) in [4.78, 5) is 16.5. The maximum absolute atomic E-state index is 12.3. The van der Waals surface area contributed by atoms with Crippen molar-refractivity contribution in [3.8, 4) is 6.07 Å². The topological polar surface area (TPSA) is 103 Å². The summed E-state index contributed by atoms with van der Waals surface area (Å²) in [5.74, 6) is -0.274. The summed E-state index contributed by atoms with van der Waals surface area (Å²) in [6, 6.07) is 11.8. The van der Waals surface area contributed by atoms with Crippen LogP contribution in [0.1, 0.15) is 12.5 Å². The van der Waals surface area contributed by atoms with Crippen LogP contribution < -0.4 is 5.32 Å². The minimum Gasteiger partial charge on any atom is -0.324 e. The Kier molecular flexibility index (Phi) is 6.37. The van der Waals surface area contributed by atoms with E-state index < -0.39 is 15.3 Å². The number of thioether (sulfide) groups is 1. The van der Waals surface area contributed by atoms with E-state index in [0.717, 1.165) is 4.31 Å². The van der Waals surface area contributed by atoms with Crippen LogP contribution in [0, 0.1) is 11.3 Å². The second kappa shape index (κ2) is 8.31. The van der Waals surface area contributed by atoms with E-state index in [1.165, 1.54) is 38.1 Å². The highest BCUT2D eigenvalue weighted by Gasteiger charge is 2.19. The van der Waals surface area contributed by atoms with E-state index in [9.17, 15) is 13.2 Å². The van der Waals surface area contributed by atoms with Gasteiger partial charge in [-0.15, -0.1) is 0 Å². The molecule has 1 amide bonds. The lowest BCUT2D eigenvalue weighted by molar-refractivity contribution is -0.115. The lowest BCUT2D eigenvalue weighted by Gasteiger charge is -2.13. The van der Waals surface area contributed by atoms with Gasteiger partial charge in [0.2, 0.25) is 15.9 Å². The Bertz CT molecular complexity index is 935. The Morgan fingerprint density at radius 1 is 1.27 bits per heavy atom. The van der Waals surface area contributed by atoms with E-state index in [1.54, 1.807) is 37.3 Å². The molecule has 136 valence electrons. The fraction of sp³-hybridized carbons (Fsp3) is 0.235. The van der Waals surface area contributed by atoms with Crippen LogP contribution >= 0.6 is 11.8 Å². The molecule has 0 bridgehead atoms. The molecule has 0 aliphatic rings. The van der Waals surface area contributed by atoms with Crippen LogP contribution in [-0.2, 0) is 14.8 Å². The monoisotopic (exact) mass is 390 g/mol. The van der Waals surface area contributed by atoms with Crippen molar-refractivity contribution in [3.63, 3.8) is 0 Å². The smallest absolute Gasteiger partial charge is 0.244 e. The van der Waals surface area contributed by atoms with Crippen molar-refractivity contribution in [2.45, 2.75) is 22.1 Å². The van der Waals surface area contributed by atoms with Crippen molar-refractivity contribution in [3.05, 3.63) is 48.2 Å². The van der Waals surface area contributed by atoms with Crippen LogP contribution in [-0.4, -0.2) is 43.0 Å². The molecule has 1 heterocycles. The number of benzene rings is 1. The molecule has 0 fully saturated rings. The average Bonchev–Trinajstić information content (AvgIpc) is 2.62. The molecule has 9 heteroatoms. The number of rotatable bonds is 6. The second-order valence-corrected chi connectivity index (χ2v) is 9.04. The third-order valence-electron chi connectivity index (χ3n) is 3.46. The molecule has 2 rings (SSSR count). The van der Waals surface area contributed by atoms with Gasteiger partial charge in [0.05, 0.1) is 21.5 Å². The highest BCUT2D eigenvalue weighted by Crippen LogP contribution is 2.24. The minimum atomic E-state index is -3.54. The van der Waals surface area contributed by atoms with Crippen molar-refractivity contribution in [1.82, 2.24) is 9.29 Å². The lowest BCUT2D eigenvalue weighted by atomic mass is 10.2. The average molecular weight is 390 g/mol. The number of carbonyl (C=O) groups is 1. The van der Waals surface area contributed by atoms with Crippen molar-refractivity contribution >= 4 is 33.4 Å². The zero-order valence-electron chi connectivity index (χ0n) is 14.5. The first-order chi connectivity index (χ1) is 12.3. The third kappa shape index (κ3) is 4.60. The molecular formula is C17H18N4O3S2. The molecule has 1 N–H and O–H groups in total. The van der Waals surface area contributed by atoms with Crippen molar-refractivity contribution < 1.29 is 13.2 Å². The van der Waals surface area contributed by atoms with Gasteiger partial charge in [0, 0.05) is 20.3 Å². The van der Waals surface area contributed by atoms with Gasteiger partial charge in [-0.1, -0.05) is 23.9 Å². The summed E-state index contributed by atoms with van der Waals surface area (Å²) in [5.41, 5.74) is 0.835. The van der Waals surface area contributed by atoms with Gasteiger partial charge in [-0.25, -0.2) is 17.7 Å². The van der Waals surface area contributed by atoms with Crippen LogP contribution in [0.25, 0.3) is 0 Å². The van der Waals surface area contributed by atoms with Crippen LogP contribution in [0.3, 0.4) is 0 Å². The van der Waals surface area contributed by atoms with Gasteiger partial charge >= 0.3 is 0 Å².